The van der Waals surface area contributed by atoms with Crippen molar-refractivity contribution in [2.75, 3.05) is 6.61 Å². The first-order valence-electron chi connectivity index (χ1n) is 6.20. The fourth-order valence-corrected chi connectivity index (χ4v) is 1.83. The molecule has 0 aliphatic carbocycles. The third-order valence-corrected chi connectivity index (χ3v) is 3.02. The van der Waals surface area contributed by atoms with Gasteiger partial charge in [0.05, 0.1) is 18.8 Å². The fraction of sp³-hybridized carbons (Fsp3) is 0.750. The standard InChI is InChI=1S/C12H20O9/c1-5(14)2-6(7(15)3-8(16)12(20)21)10(18)11(19)9(17)4-13/h6-7,9-11,13,15,17-19H,2-4H2,1H3,(H,20,21)/t6-,7?,9-,10-,11-/m0/s1. The van der Waals surface area contributed by atoms with Crippen LogP contribution in [0.2, 0.25) is 0 Å². The minimum atomic E-state index is -1.87. The second-order valence-corrected chi connectivity index (χ2v) is 4.80. The highest BCUT2D eigenvalue weighted by Crippen LogP contribution is 2.21. The average molecular weight is 308 g/mol. The van der Waals surface area contributed by atoms with Crippen LogP contribution in [-0.4, -0.2) is 79.2 Å². The SMILES string of the molecule is CC(=O)C[C@@H](C(O)CC(=O)C(=O)O)[C@H](O)[C@@H](O)[C@@H](O)CO. The summed E-state index contributed by atoms with van der Waals surface area (Å²) in [6.45, 7) is 0.273. The van der Waals surface area contributed by atoms with Crippen molar-refractivity contribution >= 4 is 17.5 Å². The normalized spacial score (nSPS) is 18.4. The van der Waals surface area contributed by atoms with Crippen LogP contribution < -0.4 is 0 Å². The van der Waals surface area contributed by atoms with Crippen LogP contribution in [0.25, 0.3) is 0 Å². The van der Waals surface area contributed by atoms with Gasteiger partial charge in [-0.3, -0.25) is 4.79 Å². The summed E-state index contributed by atoms with van der Waals surface area (Å²) in [6.07, 6.45) is -8.40. The molecule has 0 amide bonds. The quantitative estimate of drug-likeness (QED) is 0.231. The molecule has 0 aromatic carbocycles. The third kappa shape index (κ3) is 6.27. The Bertz CT molecular complexity index is 381. The summed E-state index contributed by atoms with van der Waals surface area (Å²) in [6, 6.07) is 0. The van der Waals surface area contributed by atoms with Gasteiger partial charge in [-0.2, -0.15) is 0 Å². The molecular weight excluding hydrogens is 288 g/mol. The molecule has 0 aromatic heterocycles. The van der Waals surface area contributed by atoms with Crippen LogP contribution >= 0.6 is 0 Å². The predicted octanol–water partition coefficient (Wildman–Crippen LogP) is -2.94. The van der Waals surface area contributed by atoms with Gasteiger partial charge in [-0.1, -0.05) is 0 Å². The lowest BCUT2D eigenvalue weighted by Crippen LogP contribution is -2.48. The summed E-state index contributed by atoms with van der Waals surface area (Å²) in [5.74, 6) is -4.94. The van der Waals surface area contributed by atoms with Gasteiger partial charge in [-0.15, -0.1) is 0 Å². The number of ketones is 2. The minimum absolute atomic E-state index is 0.440. The van der Waals surface area contributed by atoms with Gasteiger partial charge in [0.1, 0.15) is 18.0 Å². The smallest absolute Gasteiger partial charge is 0.372 e. The number of Topliss-reactive ketones (excluding diaryl/α,β-unsaturated/α-hetero) is 2. The van der Waals surface area contributed by atoms with Gasteiger partial charge in [0.2, 0.25) is 5.78 Å². The number of hydrogen-bond acceptors (Lipinski definition) is 8. The number of aliphatic carboxylic acids is 1. The van der Waals surface area contributed by atoms with E-state index in [4.69, 9.17) is 10.2 Å². The maximum absolute atomic E-state index is 11.1. The molecule has 21 heavy (non-hydrogen) atoms. The van der Waals surface area contributed by atoms with E-state index in [0.29, 0.717) is 0 Å². The molecule has 0 radical (unpaired) electrons. The van der Waals surface area contributed by atoms with E-state index in [1.165, 1.54) is 0 Å². The van der Waals surface area contributed by atoms with Crippen LogP contribution in [0.15, 0.2) is 0 Å². The van der Waals surface area contributed by atoms with Gasteiger partial charge in [0.25, 0.3) is 0 Å². The summed E-state index contributed by atoms with van der Waals surface area (Å²) in [5.41, 5.74) is 0. The number of rotatable bonds is 10. The molecule has 122 valence electrons. The Morgan fingerprint density at radius 3 is 1.81 bits per heavy atom. The second-order valence-electron chi connectivity index (χ2n) is 4.80. The van der Waals surface area contributed by atoms with Crippen molar-refractivity contribution in [3.63, 3.8) is 0 Å². The Kier molecular flexibility index (Phi) is 8.22. The molecule has 0 saturated carbocycles. The zero-order chi connectivity index (χ0) is 16.7. The van der Waals surface area contributed by atoms with Crippen molar-refractivity contribution in [3.8, 4) is 0 Å². The Morgan fingerprint density at radius 1 is 0.905 bits per heavy atom. The van der Waals surface area contributed by atoms with Crippen molar-refractivity contribution < 1.29 is 45.0 Å². The molecular formula is C12H20O9. The van der Waals surface area contributed by atoms with Crippen molar-refractivity contribution in [2.45, 2.75) is 44.2 Å². The lowest BCUT2D eigenvalue weighted by molar-refractivity contribution is -0.152. The highest BCUT2D eigenvalue weighted by Gasteiger charge is 2.37. The molecule has 6 N–H and O–H groups in total. The Balaban J connectivity index is 5.04. The molecule has 0 aliphatic rings. The average Bonchev–Trinajstić information content (AvgIpc) is 2.41. The van der Waals surface area contributed by atoms with Gasteiger partial charge < -0.3 is 35.4 Å². The van der Waals surface area contributed by atoms with Gasteiger partial charge in [-0.25, -0.2) is 4.79 Å². The van der Waals surface area contributed by atoms with Crippen LogP contribution in [0.3, 0.4) is 0 Å². The van der Waals surface area contributed by atoms with Crippen molar-refractivity contribution in [3.05, 3.63) is 0 Å². The zero-order valence-electron chi connectivity index (χ0n) is 11.4. The lowest BCUT2D eigenvalue weighted by Gasteiger charge is -2.31. The molecule has 0 bridgehead atoms. The Morgan fingerprint density at radius 2 is 1.43 bits per heavy atom. The van der Waals surface area contributed by atoms with Crippen LogP contribution in [0.5, 0.6) is 0 Å². The number of aliphatic hydroxyl groups excluding tert-OH is 5. The summed E-state index contributed by atoms with van der Waals surface area (Å²) < 4.78 is 0. The number of carboxylic acid groups (broad SMARTS) is 1. The van der Waals surface area contributed by atoms with Crippen LogP contribution in [0.1, 0.15) is 19.8 Å². The monoisotopic (exact) mass is 308 g/mol. The van der Waals surface area contributed by atoms with Gasteiger partial charge in [-0.05, 0) is 6.92 Å². The van der Waals surface area contributed by atoms with Crippen LogP contribution in [0, 0.1) is 5.92 Å². The Hall–Kier alpha value is -1.39. The highest BCUT2D eigenvalue weighted by molar-refractivity contribution is 6.32. The Labute approximate surface area is 120 Å². The summed E-state index contributed by atoms with van der Waals surface area (Å²) in [4.78, 5) is 32.6. The molecule has 0 aliphatic heterocycles. The van der Waals surface area contributed by atoms with E-state index in [2.05, 4.69) is 0 Å². The predicted molar refractivity (Wildman–Crippen MR) is 67.2 cm³/mol. The third-order valence-electron chi connectivity index (χ3n) is 3.02. The summed E-state index contributed by atoms with van der Waals surface area (Å²) >= 11 is 0. The number of aliphatic hydroxyl groups is 5. The maximum Gasteiger partial charge on any atom is 0.372 e. The molecule has 0 heterocycles. The largest absolute Gasteiger partial charge is 0.475 e. The van der Waals surface area contributed by atoms with Gasteiger partial charge >= 0.3 is 5.97 Å². The first-order valence-corrected chi connectivity index (χ1v) is 6.20. The van der Waals surface area contributed by atoms with Gasteiger partial charge in [0, 0.05) is 18.8 Å². The molecule has 9 nitrogen and oxygen atoms in total. The number of carboxylic acids is 1. The lowest BCUT2D eigenvalue weighted by atomic mass is 9.84. The van der Waals surface area contributed by atoms with Crippen molar-refractivity contribution in [1.29, 1.82) is 0 Å². The van der Waals surface area contributed by atoms with Crippen molar-refractivity contribution in [2.24, 2.45) is 5.92 Å². The van der Waals surface area contributed by atoms with Crippen LogP contribution in [-0.2, 0) is 14.4 Å². The highest BCUT2D eigenvalue weighted by atomic mass is 16.4. The minimum Gasteiger partial charge on any atom is -0.475 e. The number of hydrogen-bond donors (Lipinski definition) is 6. The zero-order valence-corrected chi connectivity index (χ0v) is 11.4. The first-order chi connectivity index (χ1) is 9.61. The number of carbonyl (C=O) groups is 3. The first kappa shape index (κ1) is 19.6. The molecule has 9 heteroatoms. The van der Waals surface area contributed by atoms with Crippen molar-refractivity contribution in [1.82, 2.24) is 0 Å². The molecule has 0 spiro atoms. The van der Waals surface area contributed by atoms with E-state index in [0.717, 1.165) is 6.92 Å². The summed E-state index contributed by atoms with van der Waals surface area (Å²) in [5, 5.41) is 55.6. The number of carbonyl (C=O) groups excluding carboxylic acids is 2. The van der Waals surface area contributed by atoms with E-state index in [1.807, 2.05) is 0 Å². The maximum atomic E-state index is 11.1. The second kappa shape index (κ2) is 8.80. The molecule has 0 rings (SSSR count). The molecule has 0 saturated heterocycles. The van der Waals surface area contributed by atoms with E-state index >= 15 is 0 Å². The molecule has 0 aromatic rings. The van der Waals surface area contributed by atoms with Crippen LogP contribution in [0.4, 0.5) is 0 Å². The van der Waals surface area contributed by atoms with E-state index < -0.39 is 67.3 Å². The topological polar surface area (TPSA) is 173 Å². The molecule has 0 fully saturated rings. The summed E-state index contributed by atoms with van der Waals surface area (Å²) in [7, 11) is 0. The fourth-order valence-electron chi connectivity index (χ4n) is 1.83. The van der Waals surface area contributed by atoms with E-state index in [1.54, 1.807) is 0 Å². The molecule has 5 atom stereocenters. The van der Waals surface area contributed by atoms with Gasteiger partial charge in [0.15, 0.2) is 0 Å². The molecule has 1 unspecified atom stereocenters. The van der Waals surface area contributed by atoms with E-state index in [-0.39, 0.29) is 0 Å². The van der Waals surface area contributed by atoms with E-state index in [9.17, 15) is 34.8 Å².